The van der Waals surface area contributed by atoms with Crippen molar-refractivity contribution in [3.63, 3.8) is 0 Å². The van der Waals surface area contributed by atoms with E-state index in [1.54, 1.807) is 0 Å². The van der Waals surface area contributed by atoms with Crippen LogP contribution in [0.3, 0.4) is 0 Å². The van der Waals surface area contributed by atoms with Crippen LogP contribution in [0.15, 0.2) is 12.2 Å². The fraction of sp³-hybridized carbons (Fsp3) is 0.824. The van der Waals surface area contributed by atoms with Crippen LogP contribution < -0.4 is 0 Å². The Hall–Kier alpha value is -0.790. The number of carbonyl (C=O) groups is 1. The van der Waals surface area contributed by atoms with Crippen LogP contribution >= 0.6 is 0 Å². The summed E-state index contributed by atoms with van der Waals surface area (Å²) in [7, 11) is 0. The third-order valence-corrected chi connectivity index (χ3v) is 4.79. The molecule has 0 heterocycles. The Morgan fingerprint density at radius 3 is 2.68 bits per heavy atom. The topological polar surface area (TPSA) is 26.3 Å². The Bertz CT molecular complexity index is 332. The minimum atomic E-state index is 0.0128. The fourth-order valence-corrected chi connectivity index (χ4v) is 3.50. The zero-order valence-corrected chi connectivity index (χ0v) is 12.6. The lowest BCUT2D eigenvalue weighted by Crippen LogP contribution is -2.37. The number of esters is 1. The Morgan fingerprint density at radius 1 is 1.26 bits per heavy atom. The first-order valence-electron chi connectivity index (χ1n) is 7.95. The van der Waals surface area contributed by atoms with Crippen molar-refractivity contribution in [1.29, 1.82) is 0 Å². The number of hydrogen-bond acceptors (Lipinski definition) is 2. The van der Waals surface area contributed by atoms with Gasteiger partial charge in [0.05, 0.1) is 5.92 Å². The summed E-state index contributed by atoms with van der Waals surface area (Å²) >= 11 is 0. The molecule has 2 nitrogen and oxygen atoms in total. The molecule has 2 rings (SSSR count). The molecule has 0 bridgehead atoms. The zero-order valence-electron chi connectivity index (χ0n) is 12.6. The summed E-state index contributed by atoms with van der Waals surface area (Å²) in [6.45, 7) is 6.78. The summed E-state index contributed by atoms with van der Waals surface area (Å²) in [6.07, 6.45) is 11.0. The van der Waals surface area contributed by atoms with Gasteiger partial charge in [-0.2, -0.15) is 0 Å². The van der Waals surface area contributed by atoms with Gasteiger partial charge in [0.25, 0.3) is 0 Å². The maximum atomic E-state index is 12.3. The second-order valence-electron chi connectivity index (χ2n) is 6.77. The zero-order chi connectivity index (χ0) is 13.8. The monoisotopic (exact) mass is 264 g/mol. The molecule has 1 saturated carbocycles. The van der Waals surface area contributed by atoms with Gasteiger partial charge < -0.3 is 4.74 Å². The van der Waals surface area contributed by atoms with Gasteiger partial charge in [0.15, 0.2) is 0 Å². The Labute approximate surface area is 117 Å². The van der Waals surface area contributed by atoms with Crippen molar-refractivity contribution in [2.45, 2.75) is 65.4 Å². The molecule has 0 saturated heterocycles. The second kappa shape index (κ2) is 6.58. The minimum absolute atomic E-state index is 0.0128. The molecule has 108 valence electrons. The number of carbonyl (C=O) groups excluding carboxylic acids is 1. The lowest BCUT2D eigenvalue weighted by molar-refractivity contribution is -0.159. The van der Waals surface area contributed by atoms with Gasteiger partial charge in [0.1, 0.15) is 6.10 Å². The van der Waals surface area contributed by atoms with Gasteiger partial charge in [-0.15, -0.1) is 0 Å². The lowest BCUT2D eigenvalue weighted by Gasteiger charge is -2.37. The molecule has 1 fully saturated rings. The summed E-state index contributed by atoms with van der Waals surface area (Å²) < 4.78 is 5.88. The van der Waals surface area contributed by atoms with Crippen molar-refractivity contribution in [2.75, 3.05) is 0 Å². The Kier molecular flexibility index (Phi) is 5.06. The van der Waals surface area contributed by atoms with Gasteiger partial charge in [-0.05, 0) is 49.9 Å². The van der Waals surface area contributed by atoms with E-state index >= 15 is 0 Å². The normalized spacial score (nSPS) is 35.4. The van der Waals surface area contributed by atoms with E-state index < -0.39 is 0 Å². The molecular formula is C17H28O2. The van der Waals surface area contributed by atoms with E-state index in [2.05, 4.69) is 26.8 Å². The minimum Gasteiger partial charge on any atom is -0.462 e. The maximum absolute atomic E-state index is 12.3. The molecular weight excluding hydrogens is 236 g/mol. The number of ether oxygens (including phenoxy) is 1. The molecule has 2 aliphatic carbocycles. The number of rotatable bonds is 3. The molecule has 4 atom stereocenters. The summed E-state index contributed by atoms with van der Waals surface area (Å²) in [5.74, 6) is 1.87. The van der Waals surface area contributed by atoms with Crippen LogP contribution in [0, 0.1) is 23.7 Å². The maximum Gasteiger partial charge on any atom is 0.313 e. The van der Waals surface area contributed by atoms with E-state index in [1.165, 1.54) is 12.8 Å². The van der Waals surface area contributed by atoms with Crippen LogP contribution in [0.4, 0.5) is 0 Å². The third kappa shape index (κ3) is 3.84. The standard InChI is InChI=1S/C17H28O2/c1-12(2)15-10-9-13(3)11-16(15)19-17(18)14-7-5-4-6-8-14/h5,7,12-16H,4,6,8-11H2,1-3H3/t13-,14?,15+,16?/m1/s1. The molecule has 2 heteroatoms. The van der Waals surface area contributed by atoms with Gasteiger partial charge in [-0.1, -0.05) is 39.3 Å². The van der Waals surface area contributed by atoms with E-state index in [-0.39, 0.29) is 18.0 Å². The average Bonchev–Trinajstić information content (AvgIpc) is 2.39. The summed E-state index contributed by atoms with van der Waals surface area (Å²) in [5, 5.41) is 0. The van der Waals surface area contributed by atoms with Crippen LogP contribution in [-0.2, 0) is 9.53 Å². The first-order chi connectivity index (χ1) is 9.08. The van der Waals surface area contributed by atoms with E-state index in [0.717, 1.165) is 25.7 Å². The Morgan fingerprint density at radius 2 is 2.05 bits per heavy atom. The smallest absolute Gasteiger partial charge is 0.313 e. The van der Waals surface area contributed by atoms with E-state index in [1.807, 2.05) is 6.08 Å². The molecule has 0 spiro atoms. The highest BCUT2D eigenvalue weighted by molar-refractivity contribution is 5.74. The van der Waals surface area contributed by atoms with Gasteiger partial charge in [-0.3, -0.25) is 4.79 Å². The van der Waals surface area contributed by atoms with Crippen LogP contribution in [-0.4, -0.2) is 12.1 Å². The van der Waals surface area contributed by atoms with Crippen molar-refractivity contribution in [3.05, 3.63) is 12.2 Å². The summed E-state index contributed by atoms with van der Waals surface area (Å²) in [5.41, 5.74) is 0. The SMILES string of the molecule is CC(C)[C@@H]1CC[C@@H](C)CC1OC(=O)C1C=CCCC1. The van der Waals surface area contributed by atoms with Crippen molar-refractivity contribution in [2.24, 2.45) is 23.7 Å². The molecule has 2 unspecified atom stereocenters. The van der Waals surface area contributed by atoms with E-state index in [9.17, 15) is 4.79 Å². The molecule has 0 aromatic heterocycles. The molecule has 2 aliphatic rings. The quantitative estimate of drug-likeness (QED) is 0.559. The van der Waals surface area contributed by atoms with Crippen LogP contribution in [0.2, 0.25) is 0 Å². The van der Waals surface area contributed by atoms with Gasteiger partial charge in [-0.25, -0.2) is 0 Å². The van der Waals surface area contributed by atoms with Crippen molar-refractivity contribution >= 4 is 5.97 Å². The van der Waals surface area contributed by atoms with Crippen molar-refractivity contribution in [3.8, 4) is 0 Å². The molecule has 0 radical (unpaired) electrons. The molecule has 0 aliphatic heterocycles. The highest BCUT2D eigenvalue weighted by Crippen LogP contribution is 2.36. The predicted octanol–water partition coefficient (Wildman–Crippen LogP) is 4.35. The highest BCUT2D eigenvalue weighted by atomic mass is 16.5. The van der Waals surface area contributed by atoms with Gasteiger partial charge in [0.2, 0.25) is 0 Å². The number of hydrogen-bond donors (Lipinski definition) is 0. The second-order valence-corrected chi connectivity index (χ2v) is 6.77. The molecule has 0 aromatic carbocycles. The van der Waals surface area contributed by atoms with E-state index in [0.29, 0.717) is 17.8 Å². The first kappa shape index (κ1) is 14.6. The van der Waals surface area contributed by atoms with Crippen molar-refractivity contribution < 1.29 is 9.53 Å². The predicted molar refractivity (Wildman–Crippen MR) is 77.7 cm³/mol. The molecule has 0 N–H and O–H groups in total. The molecule has 19 heavy (non-hydrogen) atoms. The van der Waals surface area contributed by atoms with E-state index in [4.69, 9.17) is 4.74 Å². The third-order valence-electron chi connectivity index (χ3n) is 4.79. The summed E-state index contributed by atoms with van der Waals surface area (Å²) in [6, 6.07) is 0. The van der Waals surface area contributed by atoms with Crippen LogP contribution in [0.25, 0.3) is 0 Å². The molecule has 0 aromatic rings. The highest BCUT2D eigenvalue weighted by Gasteiger charge is 2.34. The van der Waals surface area contributed by atoms with Crippen LogP contribution in [0.5, 0.6) is 0 Å². The number of allylic oxidation sites excluding steroid dienone is 1. The molecule has 0 amide bonds. The largest absolute Gasteiger partial charge is 0.462 e. The van der Waals surface area contributed by atoms with Crippen LogP contribution in [0.1, 0.15) is 59.3 Å². The first-order valence-corrected chi connectivity index (χ1v) is 7.95. The van der Waals surface area contributed by atoms with Gasteiger partial charge in [0, 0.05) is 0 Å². The van der Waals surface area contributed by atoms with Gasteiger partial charge >= 0.3 is 5.97 Å². The Balaban J connectivity index is 1.96. The summed E-state index contributed by atoms with van der Waals surface area (Å²) in [4.78, 5) is 12.3. The fourth-order valence-electron chi connectivity index (χ4n) is 3.50. The average molecular weight is 264 g/mol. The van der Waals surface area contributed by atoms with Crippen molar-refractivity contribution in [1.82, 2.24) is 0 Å². The lowest BCUT2D eigenvalue weighted by atomic mass is 9.75.